The molecule has 0 aromatic heterocycles. The Morgan fingerprint density at radius 3 is 2.23 bits per heavy atom. The maximum absolute atomic E-state index is 12.1. The number of hydrogen-bond donors (Lipinski definition) is 4. The number of rotatable bonds is 8. The molecule has 1 atom stereocenters. The van der Waals surface area contributed by atoms with E-state index in [0.29, 0.717) is 0 Å². The van der Waals surface area contributed by atoms with Gasteiger partial charge in [0, 0.05) is 12.8 Å². The first kappa shape index (κ1) is 19.7. The Hall–Kier alpha value is -2.32. The highest BCUT2D eigenvalue weighted by Crippen LogP contribution is 2.06. The Morgan fingerprint density at radius 2 is 1.82 bits per heavy atom. The number of amides is 4. The summed E-state index contributed by atoms with van der Waals surface area (Å²) in [6.45, 7) is 5.22. The molecule has 0 aliphatic carbocycles. The predicted octanol–water partition coefficient (Wildman–Crippen LogP) is -0.186. The van der Waals surface area contributed by atoms with Crippen molar-refractivity contribution in [3.63, 3.8) is 0 Å². The van der Waals surface area contributed by atoms with Gasteiger partial charge in [-0.25, -0.2) is 4.79 Å². The van der Waals surface area contributed by atoms with Crippen LogP contribution in [-0.2, 0) is 14.4 Å². The van der Waals surface area contributed by atoms with Gasteiger partial charge in [-0.2, -0.15) is 0 Å². The lowest BCUT2D eigenvalue weighted by Gasteiger charge is -2.26. The van der Waals surface area contributed by atoms with E-state index in [9.17, 15) is 19.2 Å². The Balaban J connectivity index is 4.88. The number of carbonyl (C=O) groups excluding carboxylic acids is 3. The van der Waals surface area contributed by atoms with E-state index in [-0.39, 0.29) is 31.7 Å². The zero-order chi connectivity index (χ0) is 17.3. The number of nitrogens with one attached hydrogen (secondary N) is 2. The molecule has 0 rings (SSSR count). The van der Waals surface area contributed by atoms with E-state index in [0.717, 1.165) is 5.01 Å². The van der Waals surface area contributed by atoms with E-state index in [1.165, 1.54) is 0 Å². The number of nitrogens with two attached hydrogens (primary N) is 1. The molecule has 0 saturated carbocycles. The van der Waals surface area contributed by atoms with Crippen LogP contribution in [0.4, 0.5) is 4.79 Å². The molecule has 126 valence electrons. The molecule has 0 heterocycles. The van der Waals surface area contributed by atoms with Gasteiger partial charge >= 0.3 is 6.09 Å². The number of primary amides is 1. The van der Waals surface area contributed by atoms with E-state index < -0.39 is 29.9 Å². The van der Waals surface area contributed by atoms with Gasteiger partial charge in [-0.3, -0.25) is 24.8 Å². The van der Waals surface area contributed by atoms with E-state index in [2.05, 4.69) is 10.7 Å². The van der Waals surface area contributed by atoms with Crippen molar-refractivity contribution < 1.29 is 24.3 Å². The molecule has 1 unspecified atom stereocenters. The fourth-order valence-corrected chi connectivity index (χ4v) is 1.72. The lowest BCUT2D eigenvalue weighted by molar-refractivity contribution is -0.142. The summed E-state index contributed by atoms with van der Waals surface area (Å²) in [7, 11) is 0. The lowest BCUT2D eigenvalue weighted by atomic mass is 10.0. The van der Waals surface area contributed by atoms with Crippen LogP contribution in [0.25, 0.3) is 0 Å². The van der Waals surface area contributed by atoms with Crippen LogP contribution in [0.3, 0.4) is 0 Å². The smallest absolute Gasteiger partial charge is 0.405 e. The first-order chi connectivity index (χ1) is 10.2. The molecule has 0 aromatic rings. The predicted molar refractivity (Wildman–Crippen MR) is 78.4 cm³/mol. The Bertz CT molecular complexity index is 425. The van der Waals surface area contributed by atoms with Crippen LogP contribution in [0.1, 0.15) is 40.0 Å². The summed E-state index contributed by atoms with van der Waals surface area (Å²) in [4.78, 5) is 45.5. The minimum atomic E-state index is -1.33. The Labute approximate surface area is 129 Å². The molecule has 0 radical (unpaired) electrons. The van der Waals surface area contributed by atoms with Crippen LogP contribution >= 0.6 is 0 Å². The highest BCUT2D eigenvalue weighted by molar-refractivity contribution is 5.87. The summed E-state index contributed by atoms with van der Waals surface area (Å²) >= 11 is 0. The summed E-state index contributed by atoms with van der Waals surface area (Å²) in [6.07, 6.45) is -1.03. The maximum atomic E-state index is 12.1. The molecule has 0 aliphatic rings. The Kier molecular flexibility index (Phi) is 8.58. The molecule has 9 heteroatoms. The minimum Gasteiger partial charge on any atom is -0.465 e. The van der Waals surface area contributed by atoms with Crippen LogP contribution in [0, 0.1) is 5.92 Å². The molecule has 5 N–H and O–H groups in total. The molecule has 0 aliphatic heterocycles. The van der Waals surface area contributed by atoms with Crippen molar-refractivity contribution in [2.24, 2.45) is 11.7 Å². The van der Waals surface area contributed by atoms with Crippen molar-refractivity contribution >= 4 is 23.8 Å². The van der Waals surface area contributed by atoms with Gasteiger partial charge in [0.25, 0.3) is 5.91 Å². The SMILES string of the molecule is CCC(=O)N(CCC(N)=O)NC(=O)C(CC(C)C)NC(=O)O. The van der Waals surface area contributed by atoms with Crippen LogP contribution in [0.5, 0.6) is 0 Å². The molecule has 0 spiro atoms. The van der Waals surface area contributed by atoms with Crippen LogP contribution in [0.2, 0.25) is 0 Å². The third-order valence-corrected chi connectivity index (χ3v) is 2.75. The fourth-order valence-electron chi connectivity index (χ4n) is 1.72. The van der Waals surface area contributed by atoms with Gasteiger partial charge in [0.2, 0.25) is 11.8 Å². The molecular weight excluding hydrogens is 292 g/mol. The van der Waals surface area contributed by atoms with Crippen LogP contribution < -0.4 is 16.5 Å². The largest absolute Gasteiger partial charge is 0.465 e. The van der Waals surface area contributed by atoms with E-state index in [4.69, 9.17) is 10.8 Å². The van der Waals surface area contributed by atoms with Gasteiger partial charge in [0.1, 0.15) is 6.04 Å². The van der Waals surface area contributed by atoms with E-state index >= 15 is 0 Å². The second kappa shape index (κ2) is 9.59. The molecule has 0 saturated heterocycles. The molecule has 0 aromatic carbocycles. The number of carboxylic acid groups (broad SMARTS) is 1. The summed E-state index contributed by atoms with van der Waals surface area (Å²) in [5, 5.41) is 11.9. The molecule has 0 bridgehead atoms. The molecule has 22 heavy (non-hydrogen) atoms. The first-order valence-corrected chi connectivity index (χ1v) is 7.05. The van der Waals surface area contributed by atoms with Crippen molar-refractivity contribution in [3.05, 3.63) is 0 Å². The van der Waals surface area contributed by atoms with Gasteiger partial charge in [0.05, 0.1) is 6.54 Å². The van der Waals surface area contributed by atoms with Crippen LogP contribution in [-0.4, -0.2) is 46.5 Å². The van der Waals surface area contributed by atoms with Gasteiger partial charge in [-0.1, -0.05) is 20.8 Å². The maximum Gasteiger partial charge on any atom is 0.405 e. The average Bonchev–Trinajstić information content (AvgIpc) is 2.40. The standard InChI is InChI=1S/C13H24N4O5/c1-4-11(19)17(6-5-10(14)18)16-12(20)9(7-8(2)3)15-13(21)22/h8-9,15H,4-7H2,1-3H3,(H2,14,18)(H,16,20)(H,21,22). The zero-order valence-corrected chi connectivity index (χ0v) is 13.1. The number of hydrazine groups is 1. The van der Waals surface area contributed by atoms with Crippen molar-refractivity contribution in [1.29, 1.82) is 0 Å². The Morgan fingerprint density at radius 1 is 1.23 bits per heavy atom. The summed E-state index contributed by atoms with van der Waals surface area (Å²) in [5.74, 6) is -1.58. The zero-order valence-electron chi connectivity index (χ0n) is 13.1. The van der Waals surface area contributed by atoms with Crippen molar-refractivity contribution in [2.45, 2.75) is 46.1 Å². The second-order valence-electron chi connectivity index (χ2n) is 5.22. The van der Waals surface area contributed by atoms with Gasteiger partial charge in [0.15, 0.2) is 0 Å². The number of hydrogen-bond acceptors (Lipinski definition) is 4. The van der Waals surface area contributed by atoms with Gasteiger partial charge < -0.3 is 16.2 Å². The van der Waals surface area contributed by atoms with Crippen molar-refractivity contribution in [2.75, 3.05) is 6.54 Å². The van der Waals surface area contributed by atoms with Gasteiger partial charge in [-0.15, -0.1) is 0 Å². The molecular formula is C13H24N4O5. The lowest BCUT2D eigenvalue weighted by Crippen LogP contribution is -2.54. The monoisotopic (exact) mass is 316 g/mol. The molecule has 4 amide bonds. The average molecular weight is 316 g/mol. The first-order valence-electron chi connectivity index (χ1n) is 7.05. The third-order valence-electron chi connectivity index (χ3n) is 2.75. The van der Waals surface area contributed by atoms with Gasteiger partial charge in [-0.05, 0) is 12.3 Å². The third kappa shape index (κ3) is 8.08. The second-order valence-corrected chi connectivity index (χ2v) is 5.22. The summed E-state index contributed by atoms with van der Waals surface area (Å²) in [6, 6.07) is -0.988. The molecule has 9 nitrogen and oxygen atoms in total. The highest BCUT2D eigenvalue weighted by Gasteiger charge is 2.25. The summed E-state index contributed by atoms with van der Waals surface area (Å²) < 4.78 is 0. The normalized spacial score (nSPS) is 11.6. The minimum absolute atomic E-state index is 0.0603. The van der Waals surface area contributed by atoms with Crippen LogP contribution in [0.15, 0.2) is 0 Å². The van der Waals surface area contributed by atoms with Crippen molar-refractivity contribution in [1.82, 2.24) is 15.8 Å². The quantitative estimate of drug-likeness (QED) is 0.459. The molecule has 0 fully saturated rings. The number of carbonyl (C=O) groups is 4. The van der Waals surface area contributed by atoms with Crippen molar-refractivity contribution in [3.8, 4) is 0 Å². The fraction of sp³-hybridized carbons (Fsp3) is 0.692. The highest BCUT2D eigenvalue weighted by atomic mass is 16.4. The number of nitrogens with zero attached hydrogens (tertiary/aromatic N) is 1. The topological polar surface area (TPSA) is 142 Å². The summed E-state index contributed by atoms with van der Waals surface area (Å²) in [5.41, 5.74) is 7.37. The van der Waals surface area contributed by atoms with E-state index in [1.54, 1.807) is 6.92 Å². The van der Waals surface area contributed by atoms with E-state index in [1.807, 2.05) is 13.8 Å².